The Morgan fingerprint density at radius 1 is 0.468 bits per heavy atom. The van der Waals surface area contributed by atoms with Gasteiger partial charge in [0.25, 0.3) is 0 Å². The van der Waals surface area contributed by atoms with E-state index < -0.39 is 17.6 Å². The molecule has 2 atom stereocenters. The molecular weight excluding hydrogens is 1130 g/mol. The summed E-state index contributed by atoms with van der Waals surface area (Å²) < 4.78 is 30.0. The van der Waals surface area contributed by atoms with Crippen LogP contribution in [0.3, 0.4) is 0 Å². The summed E-state index contributed by atoms with van der Waals surface area (Å²) in [6, 6.07) is 18.9. The van der Waals surface area contributed by atoms with Crippen LogP contribution in [0.25, 0.3) is 0 Å². The Balaban J connectivity index is 1.38. The second kappa shape index (κ2) is 17.9. The zero-order valence-corrected chi connectivity index (χ0v) is 37.5. The number of benzene rings is 4. The van der Waals surface area contributed by atoms with Crippen LogP contribution >= 0.6 is 127 Å². The molecule has 0 saturated heterocycles. The lowest BCUT2D eigenvalue weighted by atomic mass is 9.78. The minimum Gasteiger partial charge on any atom is -0.491 e. The predicted octanol–water partition coefficient (Wildman–Crippen LogP) is 11.7. The van der Waals surface area contributed by atoms with Crippen LogP contribution in [0.4, 0.5) is 0 Å². The molecule has 4 aromatic rings. The van der Waals surface area contributed by atoms with Gasteiger partial charge in [-0.3, -0.25) is 0 Å². The molecule has 2 N–H and O–H groups in total. The fourth-order valence-corrected chi connectivity index (χ4v) is 9.51. The molecule has 0 spiro atoms. The van der Waals surface area contributed by atoms with Gasteiger partial charge in [0, 0.05) is 32.3 Å². The van der Waals surface area contributed by atoms with E-state index in [1.807, 2.05) is 60.7 Å². The van der Waals surface area contributed by atoms with Gasteiger partial charge < -0.3 is 29.2 Å². The maximum atomic E-state index is 10.5. The molecule has 4 rings (SSSR count). The molecule has 0 aliphatic heterocycles. The molecule has 14 heteroatoms. The number of hydrogen-bond donors (Lipinski definition) is 2. The highest BCUT2D eigenvalue weighted by atomic mass is 79.9. The monoisotopic (exact) mass is 1150 g/mol. The van der Waals surface area contributed by atoms with E-state index in [2.05, 4.69) is 141 Å². The lowest BCUT2D eigenvalue weighted by Gasteiger charge is -2.30. The maximum absolute atomic E-state index is 10.5. The van der Waals surface area contributed by atoms with E-state index in [9.17, 15) is 10.2 Å². The summed E-state index contributed by atoms with van der Waals surface area (Å²) in [6.45, 7) is 4.49. The van der Waals surface area contributed by atoms with Crippen LogP contribution < -0.4 is 18.9 Å². The third kappa shape index (κ3) is 11.4. The van der Waals surface area contributed by atoms with Gasteiger partial charge in [-0.25, -0.2) is 0 Å². The smallest absolute Gasteiger partial charge is 0.134 e. The van der Waals surface area contributed by atoms with Crippen molar-refractivity contribution in [2.75, 3.05) is 26.4 Å². The molecule has 0 amide bonds. The summed E-state index contributed by atoms with van der Waals surface area (Å²) in [5.41, 5.74) is 1.56. The molecule has 0 radical (unpaired) electrons. The van der Waals surface area contributed by atoms with Crippen LogP contribution in [0.2, 0.25) is 0 Å². The Morgan fingerprint density at radius 2 is 0.787 bits per heavy atom. The van der Waals surface area contributed by atoms with Gasteiger partial charge in [-0.2, -0.15) is 0 Å². The summed E-state index contributed by atoms with van der Waals surface area (Å²) in [6.07, 6.45) is -1.68. The van der Waals surface area contributed by atoms with E-state index in [0.717, 1.165) is 46.9 Å². The fourth-order valence-electron chi connectivity index (χ4n) is 4.46. The van der Waals surface area contributed by atoms with Gasteiger partial charge in [0.1, 0.15) is 61.6 Å². The molecule has 252 valence electrons. The van der Waals surface area contributed by atoms with Crippen molar-refractivity contribution >= 4 is 127 Å². The predicted molar refractivity (Wildman–Crippen MR) is 213 cm³/mol. The van der Waals surface area contributed by atoms with E-state index in [0.29, 0.717) is 23.0 Å². The van der Waals surface area contributed by atoms with Crippen molar-refractivity contribution in [3.63, 3.8) is 0 Å². The minimum atomic E-state index is -0.842. The Morgan fingerprint density at radius 3 is 1.13 bits per heavy atom. The van der Waals surface area contributed by atoms with E-state index in [-0.39, 0.29) is 26.4 Å². The Bertz CT molecular complexity index is 1550. The van der Waals surface area contributed by atoms with Crippen molar-refractivity contribution < 1.29 is 29.2 Å². The van der Waals surface area contributed by atoms with E-state index in [1.165, 1.54) is 0 Å². The second-order valence-corrected chi connectivity index (χ2v) is 18.0. The first-order valence-electron chi connectivity index (χ1n) is 13.9. The molecule has 0 heterocycles. The van der Waals surface area contributed by atoms with Crippen LogP contribution in [0, 0.1) is 0 Å². The van der Waals surface area contributed by atoms with Crippen molar-refractivity contribution in [3.05, 3.63) is 108 Å². The van der Waals surface area contributed by atoms with E-state index in [4.69, 9.17) is 18.9 Å². The van der Waals surface area contributed by atoms with Crippen molar-refractivity contribution in [2.24, 2.45) is 0 Å². The summed E-state index contributed by atoms with van der Waals surface area (Å²) in [4.78, 5) is 0. The maximum Gasteiger partial charge on any atom is 0.134 e. The van der Waals surface area contributed by atoms with Gasteiger partial charge in [0.15, 0.2) is 0 Å². The zero-order valence-electron chi connectivity index (χ0n) is 24.8. The Hall–Kier alpha value is -0.160. The van der Waals surface area contributed by atoms with Gasteiger partial charge >= 0.3 is 0 Å². The van der Waals surface area contributed by atoms with Crippen molar-refractivity contribution in [2.45, 2.75) is 31.5 Å². The second-order valence-electron chi connectivity index (χ2n) is 10.9. The standard InChI is InChI=1S/C33H28Br8O6/c1-33(2,25-9-29(40)31(11-27(25)38)46-15-21(42)13-44-23-5-17(34)3-18(35)6-23)26-10-30(41)32(12-28(26)39)47-16-22(43)14-45-24-7-19(36)4-20(37)8-24/h3-12,21-22,42-43H,13-16H2,1-2H3. The van der Waals surface area contributed by atoms with Gasteiger partial charge in [0.05, 0.1) is 8.95 Å². The van der Waals surface area contributed by atoms with Crippen LogP contribution in [0.5, 0.6) is 23.0 Å². The highest BCUT2D eigenvalue weighted by Gasteiger charge is 2.30. The molecule has 0 aromatic heterocycles. The van der Waals surface area contributed by atoms with Gasteiger partial charge in [0.2, 0.25) is 0 Å². The number of aliphatic hydroxyl groups excluding tert-OH is 2. The van der Waals surface area contributed by atoms with Gasteiger partial charge in [-0.1, -0.05) is 109 Å². The summed E-state index contributed by atoms with van der Waals surface area (Å²) in [5, 5.41) is 21.0. The van der Waals surface area contributed by atoms with Crippen LogP contribution in [-0.2, 0) is 5.41 Å². The van der Waals surface area contributed by atoms with E-state index >= 15 is 0 Å². The topological polar surface area (TPSA) is 77.4 Å². The molecule has 0 fully saturated rings. The van der Waals surface area contributed by atoms with Crippen LogP contribution in [0.15, 0.2) is 96.4 Å². The van der Waals surface area contributed by atoms with Gasteiger partial charge in [-0.05, 0) is 104 Å². The third-order valence-corrected chi connectivity index (χ3v) is 11.2. The van der Waals surface area contributed by atoms with Crippen LogP contribution in [0.1, 0.15) is 25.0 Å². The van der Waals surface area contributed by atoms with Crippen molar-refractivity contribution in [1.82, 2.24) is 0 Å². The molecule has 0 saturated carbocycles. The number of hydrogen-bond acceptors (Lipinski definition) is 6. The largest absolute Gasteiger partial charge is 0.491 e. The lowest BCUT2D eigenvalue weighted by molar-refractivity contribution is 0.0623. The number of rotatable bonds is 14. The fraction of sp³-hybridized carbons (Fsp3) is 0.273. The molecule has 47 heavy (non-hydrogen) atoms. The first kappa shape index (κ1) is 39.6. The quantitative estimate of drug-likeness (QED) is 0.131. The number of halogens is 8. The SMILES string of the molecule is CC(C)(c1cc(Br)c(OCC(O)COc2cc(Br)cc(Br)c2)cc1Br)c1cc(Br)c(OCC(O)COc2cc(Br)cc(Br)c2)cc1Br. The van der Waals surface area contributed by atoms with E-state index in [1.54, 1.807) is 0 Å². The zero-order chi connectivity index (χ0) is 34.5. The average molecular weight is 1160 g/mol. The summed E-state index contributed by atoms with van der Waals surface area (Å²) in [7, 11) is 0. The van der Waals surface area contributed by atoms with Gasteiger partial charge in [-0.15, -0.1) is 0 Å². The van der Waals surface area contributed by atoms with Crippen molar-refractivity contribution in [1.29, 1.82) is 0 Å². The molecule has 0 aliphatic rings. The minimum absolute atomic E-state index is 0.0472. The lowest BCUT2D eigenvalue weighted by Crippen LogP contribution is -2.25. The number of ether oxygens (including phenoxy) is 4. The first-order chi connectivity index (χ1) is 22.1. The normalized spacial score (nSPS) is 12.9. The molecule has 0 bridgehead atoms. The highest BCUT2D eigenvalue weighted by Crippen LogP contribution is 2.45. The molecule has 6 nitrogen and oxygen atoms in total. The Kier molecular flexibility index (Phi) is 15.1. The molecule has 4 aromatic carbocycles. The van der Waals surface area contributed by atoms with Crippen LogP contribution in [-0.4, -0.2) is 48.8 Å². The average Bonchev–Trinajstić information content (AvgIpc) is 2.98. The molecular formula is C33H28Br8O6. The number of aliphatic hydroxyl groups is 2. The first-order valence-corrected chi connectivity index (χ1v) is 20.2. The Labute approximate surface area is 341 Å². The third-order valence-electron chi connectivity index (χ3n) is 6.81. The molecule has 0 aliphatic carbocycles. The highest BCUT2D eigenvalue weighted by molar-refractivity contribution is 9.12. The molecule has 2 unspecified atom stereocenters. The summed E-state index contributed by atoms with van der Waals surface area (Å²) >= 11 is 28.5. The van der Waals surface area contributed by atoms with Crippen molar-refractivity contribution in [3.8, 4) is 23.0 Å². The summed E-state index contributed by atoms with van der Waals surface area (Å²) in [5.74, 6) is 2.43.